The molecule has 0 saturated carbocycles. The summed E-state index contributed by atoms with van der Waals surface area (Å²) in [7, 11) is 0. The van der Waals surface area contributed by atoms with E-state index in [2.05, 4.69) is 0 Å². The Morgan fingerprint density at radius 3 is 1.86 bits per heavy atom. The molecule has 0 aliphatic carbocycles. The lowest BCUT2D eigenvalue weighted by atomic mass is 10.2. The number of benzene rings is 2. The summed E-state index contributed by atoms with van der Waals surface area (Å²) >= 11 is 11.3. The van der Waals surface area contributed by atoms with E-state index in [9.17, 15) is 26.7 Å². The largest absolute Gasteiger partial charge is 0.317 e. The minimum Gasteiger partial charge on any atom is -0.317 e. The SMILES string of the molecule is O=C(Nc1c(F)c(F)c(F)c(F)c1F)c1ccc(Cl)cc1Cl. The summed E-state index contributed by atoms with van der Waals surface area (Å²) in [5.41, 5.74) is -1.72. The van der Waals surface area contributed by atoms with Crippen LogP contribution in [0.2, 0.25) is 10.0 Å². The van der Waals surface area contributed by atoms with Gasteiger partial charge < -0.3 is 5.32 Å². The molecule has 9 heteroatoms. The third kappa shape index (κ3) is 2.86. The molecule has 0 unspecified atom stereocenters. The first-order valence-corrected chi connectivity index (χ1v) is 6.27. The molecule has 0 aliphatic heterocycles. The van der Waals surface area contributed by atoms with E-state index in [1.807, 2.05) is 0 Å². The molecule has 0 spiro atoms. The topological polar surface area (TPSA) is 29.1 Å². The first kappa shape index (κ1) is 16.5. The van der Waals surface area contributed by atoms with Crippen LogP contribution in [0.3, 0.4) is 0 Å². The molecule has 0 bridgehead atoms. The molecule has 0 atom stereocenters. The second kappa shape index (κ2) is 6.10. The Labute approximate surface area is 130 Å². The quantitative estimate of drug-likeness (QED) is 0.461. The smallest absolute Gasteiger partial charge is 0.257 e. The van der Waals surface area contributed by atoms with Crippen molar-refractivity contribution in [3.63, 3.8) is 0 Å². The molecular formula is C13H4Cl2F5NO. The summed E-state index contributed by atoms with van der Waals surface area (Å²) < 4.78 is 65.9. The fourth-order valence-electron chi connectivity index (χ4n) is 1.57. The van der Waals surface area contributed by atoms with Gasteiger partial charge in [-0.05, 0) is 18.2 Å². The number of nitrogens with one attached hydrogen (secondary N) is 1. The van der Waals surface area contributed by atoms with Crippen molar-refractivity contribution < 1.29 is 26.7 Å². The first-order valence-electron chi connectivity index (χ1n) is 5.52. The molecule has 0 aliphatic rings. The number of halogens is 7. The van der Waals surface area contributed by atoms with Crippen LogP contribution in [0.25, 0.3) is 0 Å². The van der Waals surface area contributed by atoms with Crippen LogP contribution in [0.4, 0.5) is 27.6 Å². The van der Waals surface area contributed by atoms with Gasteiger partial charge in [0, 0.05) is 5.02 Å². The normalized spacial score (nSPS) is 10.7. The number of anilines is 1. The number of carbonyl (C=O) groups excluding carboxylic acids is 1. The second-order valence-corrected chi connectivity index (χ2v) is 4.87. The summed E-state index contributed by atoms with van der Waals surface area (Å²) in [6.07, 6.45) is 0. The predicted octanol–water partition coefficient (Wildman–Crippen LogP) is 4.94. The summed E-state index contributed by atoms with van der Waals surface area (Å²) in [6.45, 7) is 0. The average molecular weight is 356 g/mol. The maximum Gasteiger partial charge on any atom is 0.257 e. The Morgan fingerprint density at radius 2 is 1.36 bits per heavy atom. The van der Waals surface area contributed by atoms with Gasteiger partial charge in [-0.3, -0.25) is 4.79 Å². The van der Waals surface area contributed by atoms with E-state index < -0.39 is 40.7 Å². The van der Waals surface area contributed by atoms with Crippen LogP contribution in [0.5, 0.6) is 0 Å². The number of amides is 1. The molecule has 0 fully saturated rings. The first-order chi connectivity index (χ1) is 10.2. The van der Waals surface area contributed by atoms with Crippen molar-refractivity contribution >= 4 is 34.8 Å². The minimum absolute atomic E-state index is 0.158. The van der Waals surface area contributed by atoms with Crippen molar-refractivity contribution in [2.24, 2.45) is 0 Å². The lowest BCUT2D eigenvalue weighted by molar-refractivity contribution is 0.102. The molecule has 0 radical (unpaired) electrons. The monoisotopic (exact) mass is 355 g/mol. The maximum absolute atomic E-state index is 13.5. The van der Waals surface area contributed by atoms with Crippen LogP contribution in [0, 0.1) is 29.1 Å². The van der Waals surface area contributed by atoms with Gasteiger partial charge in [-0.2, -0.15) is 0 Å². The van der Waals surface area contributed by atoms with Gasteiger partial charge in [0.1, 0.15) is 5.69 Å². The third-order valence-corrected chi connectivity index (χ3v) is 3.17. The van der Waals surface area contributed by atoms with E-state index in [0.717, 1.165) is 6.07 Å². The van der Waals surface area contributed by atoms with Gasteiger partial charge in [0.2, 0.25) is 5.82 Å². The Kier molecular flexibility index (Phi) is 4.58. The van der Waals surface area contributed by atoms with Gasteiger partial charge in [-0.25, -0.2) is 22.0 Å². The zero-order chi connectivity index (χ0) is 16.6. The van der Waals surface area contributed by atoms with E-state index in [4.69, 9.17) is 23.2 Å². The second-order valence-electron chi connectivity index (χ2n) is 4.02. The molecule has 2 rings (SSSR count). The van der Waals surface area contributed by atoms with E-state index in [0.29, 0.717) is 0 Å². The molecule has 0 aromatic heterocycles. The Hall–Kier alpha value is -1.86. The average Bonchev–Trinajstić information content (AvgIpc) is 2.47. The van der Waals surface area contributed by atoms with Crippen LogP contribution < -0.4 is 5.32 Å². The van der Waals surface area contributed by atoms with Crippen molar-refractivity contribution in [1.82, 2.24) is 0 Å². The molecule has 0 heterocycles. The van der Waals surface area contributed by atoms with Crippen molar-refractivity contribution in [3.8, 4) is 0 Å². The van der Waals surface area contributed by atoms with Crippen LogP contribution in [0.1, 0.15) is 10.4 Å². The highest BCUT2D eigenvalue weighted by atomic mass is 35.5. The van der Waals surface area contributed by atoms with Crippen LogP contribution in [-0.4, -0.2) is 5.91 Å². The van der Waals surface area contributed by atoms with Crippen LogP contribution >= 0.6 is 23.2 Å². The lowest BCUT2D eigenvalue weighted by Crippen LogP contribution is -2.17. The van der Waals surface area contributed by atoms with Crippen molar-refractivity contribution in [2.45, 2.75) is 0 Å². The fraction of sp³-hybridized carbons (Fsp3) is 0. The van der Waals surface area contributed by atoms with E-state index in [1.54, 1.807) is 5.32 Å². The molecular weight excluding hydrogens is 352 g/mol. The fourth-order valence-corrected chi connectivity index (χ4v) is 2.06. The van der Waals surface area contributed by atoms with E-state index in [-0.39, 0.29) is 15.6 Å². The Balaban J connectivity index is 2.45. The van der Waals surface area contributed by atoms with E-state index in [1.165, 1.54) is 12.1 Å². The van der Waals surface area contributed by atoms with Gasteiger partial charge in [0.25, 0.3) is 5.91 Å². The number of rotatable bonds is 2. The maximum atomic E-state index is 13.5. The van der Waals surface area contributed by atoms with Crippen LogP contribution in [0.15, 0.2) is 18.2 Å². The van der Waals surface area contributed by atoms with Crippen molar-refractivity contribution in [1.29, 1.82) is 0 Å². The van der Waals surface area contributed by atoms with Crippen LogP contribution in [-0.2, 0) is 0 Å². The molecule has 2 nitrogen and oxygen atoms in total. The van der Waals surface area contributed by atoms with Gasteiger partial charge in [-0.1, -0.05) is 23.2 Å². The molecule has 1 amide bonds. The summed E-state index contributed by atoms with van der Waals surface area (Å²) in [5.74, 6) is -12.1. The van der Waals surface area contributed by atoms with Gasteiger partial charge >= 0.3 is 0 Å². The summed E-state index contributed by atoms with van der Waals surface area (Å²) in [5, 5.41) is 1.63. The molecule has 22 heavy (non-hydrogen) atoms. The highest BCUT2D eigenvalue weighted by molar-refractivity contribution is 6.37. The standard InChI is InChI=1S/C13H4Cl2F5NO/c14-4-1-2-5(6(15)3-4)13(22)21-12-10(19)8(17)7(16)9(18)11(12)20/h1-3H,(H,21,22). The van der Waals surface area contributed by atoms with Gasteiger partial charge in [0.15, 0.2) is 23.3 Å². The Bertz CT molecular complexity index is 753. The van der Waals surface area contributed by atoms with E-state index >= 15 is 0 Å². The van der Waals surface area contributed by atoms with Crippen molar-refractivity contribution in [2.75, 3.05) is 5.32 Å². The zero-order valence-corrected chi connectivity index (χ0v) is 11.8. The number of hydrogen-bond acceptors (Lipinski definition) is 1. The summed E-state index contributed by atoms with van der Waals surface area (Å²) in [6, 6.07) is 3.57. The molecule has 1 N–H and O–H groups in total. The zero-order valence-electron chi connectivity index (χ0n) is 10.3. The summed E-state index contributed by atoms with van der Waals surface area (Å²) in [4.78, 5) is 11.8. The molecule has 2 aromatic carbocycles. The lowest BCUT2D eigenvalue weighted by Gasteiger charge is -2.10. The highest BCUT2D eigenvalue weighted by Gasteiger charge is 2.27. The Morgan fingerprint density at radius 1 is 0.864 bits per heavy atom. The van der Waals surface area contributed by atoms with Gasteiger partial charge in [0.05, 0.1) is 10.6 Å². The molecule has 116 valence electrons. The van der Waals surface area contributed by atoms with Crippen molar-refractivity contribution in [3.05, 3.63) is 62.9 Å². The number of carbonyl (C=O) groups is 1. The molecule has 2 aromatic rings. The molecule has 0 saturated heterocycles. The predicted molar refractivity (Wildman–Crippen MR) is 70.6 cm³/mol. The highest BCUT2D eigenvalue weighted by Crippen LogP contribution is 2.28. The van der Waals surface area contributed by atoms with Gasteiger partial charge in [-0.15, -0.1) is 0 Å². The minimum atomic E-state index is -2.32. The number of hydrogen-bond donors (Lipinski definition) is 1. The third-order valence-electron chi connectivity index (χ3n) is 2.62.